The number of rotatable bonds is 1. The molecule has 68 valence electrons. The third kappa shape index (κ3) is 1.12. The van der Waals surface area contributed by atoms with Gasteiger partial charge in [-0.2, -0.15) is 0 Å². The van der Waals surface area contributed by atoms with Crippen LogP contribution in [0.3, 0.4) is 0 Å². The zero-order valence-electron chi connectivity index (χ0n) is 7.55. The Morgan fingerprint density at radius 2 is 2.50 bits per heavy atom. The van der Waals surface area contributed by atoms with Crippen molar-refractivity contribution >= 4 is 5.91 Å². The van der Waals surface area contributed by atoms with E-state index in [1.165, 1.54) is 12.8 Å². The molecule has 12 heavy (non-hydrogen) atoms. The Bertz CT molecular complexity index is 193. The summed E-state index contributed by atoms with van der Waals surface area (Å²) < 4.78 is 0. The van der Waals surface area contributed by atoms with Gasteiger partial charge in [-0.1, -0.05) is 0 Å². The number of hydrogen-bond donors (Lipinski definition) is 1. The number of amides is 1. The first-order valence-electron chi connectivity index (χ1n) is 4.85. The van der Waals surface area contributed by atoms with Crippen molar-refractivity contribution in [1.82, 2.24) is 10.2 Å². The van der Waals surface area contributed by atoms with Crippen LogP contribution in [-0.2, 0) is 4.79 Å². The van der Waals surface area contributed by atoms with Crippen LogP contribution in [0.4, 0.5) is 0 Å². The minimum absolute atomic E-state index is 0.335. The molecule has 3 nitrogen and oxygen atoms in total. The van der Waals surface area contributed by atoms with E-state index in [2.05, 4.69) is 12.2 Å². The minimum atomic E-state index is 0.335. The highest BCUT2D eigenvalue weighted by atomic mass is 16.2. The van der Waals surface area contributed by atoms with Gasteiger partial charge in [0, 0.05) is 25.0 Å². The Morgan fingerprint density at radius 1 is 1.67 bits per heavy atom. The largest absolute Gasteiger partial charge is 0.338 e. The first-order valence-corrected chi connectivity index (χ1v) is 4.85. The molecule has 0 spiro atoms. The molecule has 1 amide bonds. The van der Waals surface area contributed by atoms with E-state index in [1.807, 2.05) is 4.90 Å². The molecule has 2 aliphatic heterocycles. The summed E-state index contributed by atoms with van der Waals surface area (Å²) in [5.74, 6) is 0.335. The number of nitrogens with zero attached hydrogens (tertiary/aromatic N) is 1. The van der Waals surface area contributed by atoms with Crippen LogP contribution in [0.1, 0.15) is 26.2 Å². The Kier molecular flexibility index (Phi) is 2.05. The summed E-state index contributed by atoms with van der Waals surface area (Å²) in [7, 11) is 0. The van der Waals surface area contributed by atoms with Crippen LogP contribution in [-0.4, -0.2) is 36.0 Å². The third-order valence-electron chi connectivity index (χ3n) is 3.00. The fraction of sp³-hybridized carbons (Fsp3) is 0.889. The van der Waals surface area contributed by atoms with Crippen LogP contribution in [0.2, 0.25) is 0 Å². The summed E-state index contributed by atoms with van der Waals surface area (Å²) in [5, 5.41) is 3.41. The van der Waals surface area contributed by atoms with Crippen molar-refractivity contribution in [3.63, 3.8) is 0 Å². The predicted octanol–water partition coefficient (Wildman–Crippen LogP) is 0.359. The molecule has 0 bridgehead atoms. The van der Waals surface area contributed by atoms with E-state index in [0.717, 1.165) is 19.5 Å². The SMILES string of the molecule is CCN1C(=O)CC2NCCCC21. The minimum Gasteiger partial charge on any atom is -0.338 e. The maximum atomic E-state index is 11.5. The van der Waals surface area contributed by atoms with Crippen molar-refractivity contribution < 1.29 is 4.79 Å². The summed E-state index contributed by atoms with van der Waals surface area (Å²) >= 11 is 0. The average molecular weight is 168 g/mol. The van der Waals surface area contributed by atoms with Crippen molar-refractivity contribution in [1.29, 1.82) is 0 Å². The molecule has 2 saturated heterocycles. The van der Waals surface area contributed by atoms with Gasteiger partial charge in [0.15, 0.2) is 0 Å². The van der Waals surface area contributed by atoms with Gasteiger partial charge in [-0.15, -0.1) is 0 Å². The number of carbonyl (C=O) groups is 1. The van der Waals surface area contributed by atoms with Gasteiger partial charge in [0.05, 0.1) is 0 Å². The zero-order chi connectivity index (χ0) is 8.55. The highest BCUT2D eigenvalue weighted by Gasteiger charge is 2.39. The van der Waals surface area contributed by atoms with Crippen LogP contribution >= 0.6 is 0 Å². The first kappa shape index (κ1) is 8.05. The maximum absolute atomic E-state index is 11.5. The van der Waals surface area contributed by atoms with Crippen LogP contribution < -0.4 is 5.32 Å². The Balaban J connectivity index is 2.10. The van der Waals surface area contributed by atoms with Crippen molar-refractivity contribution in [2.24, 2.45) is 0 Å². The average Bonchev–Trinajstić information content (AvgIpc) is 2.40. The van der Waals surface area contributed by atoms with Crippen molar-refractivity contribution in [2.45, 2.75) is 38.3 Å². The molecule has 0 radical (unpaired) electrons. The number of piperidine rings is 1. The number of hydrogen-bond acceptors (Lipinski definition) is 2. The molecule has 3 heteroatoms. The number of carbonyl (C=O) groups excluding carboxylic acids is 1. The summed E-state index contributed by atoms with van der Waals surface area (Å²) in [6.45, 7) is 4.03. The molecule has 2 atom stereocenters. The van der Waals surface area contributed by atoms with Crippen LogP contribution in [0.5, 0.6) is 0 Å². The van der Waals surface area contributed by atoms with Crippen molar-refractivity contribution in [3.05, 3.63) is 0 Å². The number of fused-ring (bicyclic) bond motifs is 1. The van der Waals surface area contributed by atoms with E-state index in [4.69, 9.17) is 0 Å². The normalized spacial score (nSPS) is 35.4. The van der Waals surface area contributed by atoms with Crippen LogP contribution in [0.15, 0.2) is 0 Å². The van der Waals surface area contributed by atoms with E-state index in [1.54, 1.807) is 0 Å². The Morgan fingerprint density at radius 3 is 3.25 bits per heavy atom. The topological polar surface area (TPSA) is 32.3 Å². The van der Waals surface area contributed by atoms with E-state index in [9.17, 15) is 4.79 Å². The van der Waals surface area contributed by atoms with Crippen molar-refractivity contribution in [2.75, 3.05) is 13.1 Å². The van der Waals surface area contributed by atoms with Gasteiger partial charge in [0.1, 0.15) is 0 Å². The fourth-order valence-corrected chi connectivity index (χ4v) is 2.42. The second-order valence-corrected chi connectivity index (χ2v) is 3.65. The molecule has 0 aromatic heterocycles. The lowest BCUT2D eigenvalue weighted by molar-refractivity contribution is -0.128. The lowest BCUT2D eigenvalue weighted by Crippen LogP contribution is -2.47. The summed E-state index contributed by atoms with van der Waals surface area (Å²) in [6, 6.07) is 0.947. The van der Waals surface area contributed by atoms with E-state index >= 15 is 0 Å². The van der Waals surface area contributed by atoms with Gasteiger partial charge in [-0.05, 0) is 26.3 Å². The van der Waals surface area contributed by atoms with E-state index in [-0.39, 0.29) is 0 Å². The molecule has 1 N–H and O–H groups in total. The first-order chi connectivity index (χ1) is 5.83. The van der Waals surface area contributed by atoms with Crippen LogP contribution in [0, 0.1) is 0 Å². The number of nitrogens with one attached hydrogen (secondary N) is 1. The lowest BCUT2D eigenvalue weighted by Gasteiger charge is -2.31. The smallest absolute Gasteiger partial charge is 0.224 e. The van der Waals surface area contributed by atoms with E-state index < -0.39 is 0 Å². The van der Waals surface area contributed by atoms with Gasteiger partial charge in [-0.3, -0.25) is 4.79 Å². The Hall–Kier alpha value is -0.570. The molecule has 2 fully saturated rings. The molecule has 0 aromatic rings. The van der Waals surface area contributed by atoms with Crippen molar-refractivity contribution in [3.8, 4) is 0 Å². The molecule has 2 rings (SSSR count). The summed E-state index contributed by atoms with van der Waals surface area (Å²) in [6.07, 6.45) is 3.13. The second-order valence-electron chi connectivity index (χ2n) is 3.65. The molecule has 2 aliphatic rings. The predicted molar refractivity (Wildman–Crippen MR) is 46.8 cm³/mol. The number of likely N-dealkylation sites (N-methyl/N-ethyl adjacent to an activating group) is 1. The second kappa shape index (κ2) is 3.05. The number of likely N-dealkylation sites (tertiary alicyclic amines) is 1. The molecule has 2 heterocycles. The van der Waals surface area contributed by atoms with E-state index in [0.29, 0.717) is 18.0 Å². The van der Waals surface area contributed by atoms with Gasteiger partial charge in [0.25, 0.3) is 0 Å². The van der Waals surface area contributed by atoms with Gasteiger partial charge < -0.3 is 10.2 Å². The molecule has 0 aliphatic carbocycles. The monoisotopic (exact) mass is 168 g/mol. The van der Waals surface area contributed by atoms with Gasteiger partial charge >= 0.3 is 0 Å². The highest BCUT2D eigenvalue weighted by molar-refractivity contribution is 5.80. The van der Waals surface area contributed by atoms with Crippen LogP contribution in [0.25, 0.3) is 0 Å². The standard InChI is InChI=1S/C9H16N2O/c1-2-11-8-4-3-5-10-7(8)6-9(11)12/h7-8,10H,2-6H2,1H3. The van der Waals surface area contributed by atoms with Gasteiger partial charge in [-0.25, -0.2) is 0 Å². The molecule has 0 saturated carbocycles. The molecule has 2 unspecified atom stereocenters. The quantitative estimate of drug-likeness (QED) is 0.613. The summed E-state index contributed by atoms with van der Waals surface area (Å²) in [5.41, 5.74) is 0. The third-order valence-corrected chi connectivity index (χ3v) is 3.00. The van der Waals surface area contributed by atoms with Gasteiger partial charge in [0.2, 0.25) is 5.91 Å². The lowest BCUT2D eigenvalue weighted by atomic mass is 9.99. The molecular weight excluding hydrogens is 152 g/mol. The molecular formula is C9H16N2O. The molecule has 0 aromatic carbocycles. The highest BCUT2D eigenvalue weighted by Crippen LogP contribution is 2.25. The zero-order valence-corrected chi connectivity index (χ0v) is 7.55. The Labute approximate surface area is 73.1 Å². The maximum Gasteiger partial charge on any atom is 0.224 e. The fourth-order valence-electron chi connectivity index (χ4n) is 2.42. The summed E-state index contributed by atoms with van der Waals surface area (Å²) in [4.78, 5) is 13.5.